The molecule has 3 saturated carbocycles. The molecule has 0 saturated heterocycles. The maximum atomic E-state index is 9.50. The zero-order valence-corrected chi connectivity index (χ0v) is 16.9. The molecule has 0 N–H and O–H groups in total. The van der Waals surface area contributed by atoms with Gasteiger partial charge in [-0.1, -0.05) is 51.9 Å². The van der Waals surface area contributed by atoms with E-state index < -0.39 is 0 Å². The van der Waals surface area contributed by atoms with E-state index in [1.807, 2.05) is 0 Å². The fourth-order valence-electron chi connectivity index (χ4n) is 6.57. The standard InChI is InChI=1S/C24H41N/c1-3-4-6-19-8-10-20(11-9-19)21-12-14-22(15-13-21)23-7-5-16-24(2,17-23)18-25/h19-23H,3-17H2,1-2H3. The fourth-order valence-corrected chi connectivity index (χ4v) is 6.57. The van der Waals surface area contributed by atoms with Gasteiger partial charge in [0.25, 0.3) is 0 Å². The molecule has 1 nitrogen and oxygen atoms in total. The summed E-state index contributed by atoms with van der Waals surface area (Å²) in [5.74, 6) is 4.93. The predicted octanol–water partition coefficient (Wildman–Crippen LogP) is 7.51. The van der Waals surface area contributed by atoms with Gasteiger partial charge >= 0.3 is 0 Å². The van der Waals surface area contributed by atoms with Crippen LogP contribution in [0.5, 0.6) is 0 Å². The zero-order valence-electron chi connectivity index (χ0n) is 16.9. The van der Waals surface area contributed by atoms with Crippen molar-refractivity contribution < 1.29 is 0 Å². The Labute approximate surface area is 157 Å². The average molecular weight is 344 g/mol. The van der Waals surface area contributed by atoms with Crippen LogP contribution in [0.1, 0.15) is 110 Å². The molecule has 0 aromatic carbocycles. The molecule has 0 radical (unpaired) electrons. The normalized spacial score (nSPS) is 42.7. The molecule has 0 bridgehead atoms. The van der Waals surface area contributed by atoms with Crippen LogP contribution in [0.4, 0.5) is 0 Å². The van der Waals surface area contributed by atoms with E-state index in [-0.39, 0.29) is 5.41 Å². The molecule has 0 spiro atoms. The molecule has 0 amide bonds. The Morgan fingerprint density at radius 1 is 0.840 bits per heavy atom. The number of nitrogens with zero attached hydrogens (tertiary/aromatic N) is 1. The van der Waals surface area contributed by atoms with Crippen molar-refractivity contribution in [2.75, 3.05) is 0 Å². The third kappa shape index (κ3) is 5.02. The van der Waals surface area contributed by atoms with Crippen molar-refractivity contribution in [3.63, 3.8) is 0 Å². The number of hydrogen-bond acceptors (Lipinski definition) is 1. The van der Waals surface area contributed by atoms with Crippen molar-refractivity contribution in [1.29, 1.82) is 5.26 Å². The van der Waals surface area contributed by atoms with E-state index in [9.17, 15) is 5.26 Å². The van der Waals surface area contributed by atoms with Crippen LogP contribution >= 0.6 is 0 Å². The summed E-state index contributed by atoms with van der Waals surface area (Å²) in [5.41, 5.74) is -0.0172. The summed E-state index contributed by atoms with van der Waals surface area (Å²) < 4.78 is 0. The zero-order chi connectivity index (χ0) is 17.7. The molecule has 3 rings (SSSR count). The summed E-state index contributed by atoms with van der Waals surface area (Å²) >= 11 is 0. The highest BCUT2D eigenvalue weighted by atomic mass is 14.4. The first-order valence-corrected chi connectivity index (χ1v) is 11.5. The lowest BCUT2D eigenvalue weighted by Crippen LogP contribution is -2.32. The minimum Gasteiger partial charge on any atom is -0.198 e. The Kier molecular flexibility index (Phi) is 6.87. The van der Waals surface area contributed by atoms with Crippen molar-refractivity contribution in [1.82, 2.24) is 0 Å². The van der Waals surface area contributed by atoms with Crippen LogP contribution in [0.2, 0.25) is 0 Å². The van der Waals surface area contributed by atoms with Crippen molar-refractivity contribution >= 4 is 0 Å². The number of hydrogen-bond donors (Lipinski definition) is 0. The van der Waals surface area contributed by atoms with Crippen molar-refractivity contribution in [3.05, 3.63) is 0 Å². The first kappa shape index (κ1) is 19.3. The monoisotopic (exact) mass is 343 g/mol. The van der Waals surface area contributed by atoms with Crippen LogP contribution in [0, 0.1) is 46.3 Å². The highest BCUT2D eigenvalue weighted by molar-refractivity contribution is 5.00. The topological polar surface area (TPSA) is 23.8 Å². The second-order valence-corrected chi connectivity index (χ2v) is 10.1. The lowest BCUT2D eigenvalue weighted by Gasteiger charge is -2.42. The highest BCUT2D eigenvalue weighted by Crippen LogP contribution is 2.48. The summed E-state index contributed by atoms with van der Waals surface area (Å²) in [7, 11) is 0. The van der Waals surface area contributed by atoms with Gasteiger partial charge < -0.3 is 0 Å². The van der Waals surface area contributed by atoms with Crippen LogP contribution in [0.25, 0.3) is 0 Å². The van der Waals surface area contributed by atoms with E-state index in [2.05, 4.69) is 19.9 Å². The Morgan fingerprint density at radius 2 is 1.40 bits per heavy atom. The average Bonchev–Trinajstić information content (AvgIpc) is 2.67. The molecule has 3 aliphatic rings. The Bertz CT molecular complexity index is 434. The largest absolute Gasteiger partial charge is 0.198 e. The Hall–Kier alpha value is -0.510. The van der Waals surface area contributed by atoms with Gasteiger partial charge in [0.05, 0.1) is 11.5 Å². The molecule has 0 aromatic rings. The van der Waals surface area contributed by atoms with Gasteiger partial charge in [0.15, 0.2) is 0 Å². The van der Waals surface area contributed by atoms with Gasteiger partial charge in [0, 0.05) is 0 Å². The molecule has 3 fully saturated rings. The molecule has 1 heteroatoms. The van der Waals surface area contributed by atoms with Gasteiger partial charge in [-0.15, -0.1) is 0 Å². The molecule has 0 aromatic heterocycles. The smallest absolute Gasteiger partial charge is 0.0686 e. The van der Waals surface area contributed by atoms with E-state index in [0.29, 0.717) is 0 Å². The second-order valence-electron chi connectivity index (χ2n) is 10.1. The van der Waals surface area contributed by atoms with Crippen LogP contribution in [-0.4, -0.2) is 0 Å². The van der Waals surface area contributed by atoms with Crippen molar-refractivity contribution in [3.8, 4) is 6.07 Å². The molecular formula is C24H41N. The first-order valence-electron chi connectivity index (χ1n) is 11.5. The van der Waals surface area contributed by atoms with E-state index in [1.165, 1.54) is 89.9 Å². The van der Waals surface area contributed by atoms with Crippen LogP contribution in [0.15, 0.2) is 0 Å². The third-order valence-corrected chi connectivity index (χ3v) is 8.29. The molecular weight excluding hydrogens is 302 g/mol. The predicted molar refractivity (Wildman–Crippen MR) is 106 cm³/mol. The van der Waals surface area contributed by atoms with E-state index >= 15 is 0 Å². The van der Waals surface area contributed by atoms with E-state index in [1.54, 1.807) is 0 Å². The van der Waals surface area contributed by atoms with Gasteiger partial charge in [-0.05, 0) is 87.9 Å². The van der Waals surface area contributed by atoms with Gasteiger partial charge in [0.1, 0.15) is 0 Å². The molecule has 2 unspecified atom stereocenters. The van der Waals surface area contributed by atoms with E-state index in [0.717, 1.165) is 36.0 Å². The summed E-state index contributed by atoms with van der Waals surface area (Å²) in [6, 6.07) is 2.63. The summed E-state index contributed by atoms with van der Waals surface area (Å²) in [6.45, 7) is 4.54. The second kappa shape index (κ2) is 8.92. The molecule has 142 valence electrons. The number of nitriles is 1. The van der Waals surface area contributed by atoms with E-state index in [4.69, 9.17) is 0 Å². The molecule has 0 aliphatic heterocycles. The van der Waals surface area contributed by atoms with Gasteiger partial charge in [-0.3, -0.25) is 0 Å². The minimum absolute atomic E-state index is 0.0172. The number of rotatable bonds is 5. The number of unbranched alkanes of at least 4 members (excludes halogenated alkanes) is 1. The fraction of sp³-hybridized carbons (Fsp3) is 0.958. The summed E-state index contributed by atoms with van der Waals surface area (Å²) in [5, 5.41) is 9.50. The quantitative estimate of drug-likeness (QED) is 0.506. The maximum Gasteiger partial charge on any atom is 0.0686 e. The third-order valence-electron chi connectivity index (χ3n) is 8.29. The Balaban J connectivity index is 1.41. The molecule has 25 heavy (non-hydrogen) atoms. The lowest BCUT2D eigenvalue weighted by atomic mass is 9.62. The summed E-state index contributed by atoms with van der Waals surface area (Å²) in [4.78, 5) is 0. The highest BCUT2D eigenvalue weighted by Gasteiger charge is 2.38. The van der Waals surface area contributed by atoms with Crippen molar-refractivity contribution in [2.45, 2.75) is 110 Å². The molecule has 0 heterocycles. The maximum absolute atomic E-state index is 9.50. The van der Waals surface area contributed by atoms with Gasteiger partial charge in [-0.2, -0.15) is 5.26 Å². The Morgan fingerprint density at radius 3 is 1.96 bits per heavy atom. The summed E-state index contributed by atoms with van der Waals surface area (Å²) in [6.07, 6.45) is 21.3. The van der Waals surface area contributed by atoms with Crippen LogP contribution in [0.3, 0.4) is 0 Å². The van der Waals surface area contributed by atoms with Gasteiger partial charge in [-0.25, -0.2) is 0 Å². The molecule has 3 aliphatic carbocycles. The molecule has 2 atom stereocenters. The SMILES string of the molecule is CCCCC1CCC(C2CCC(C3CCCC(C)(C#N)C3)CC2)CC1. The minimum atomic E-state index is -0.0172. The first-order chi connectivity index (χ1) is 12.1. The van der Waals surface area contributed by atoms with Crippen LogP contribution in [-0.2, 0) is 0 Å². The van der Waals surface area contributed by atoms with Gasteiger partial charge in [0.2, 0.25) is 0 Å². The van der Waals surface area contributed by atoms with Crippen LogP contribution < -0.4 is 0 Å². The van der Waals surface area contributed by atoms with Crippen molar-refractivity contribution in [2.24, 2.45) is 35.0 Å². The lowest BCUT2D eigenvalue weighted by molar-refractivity contribution is 0.0900.